The number of benzene rings is 2. The van der Waals surface area contributed by atoms with Crippen LogP contribution in [0.3, 0.4) is 0 Å². The van der Waals surface area contributed by atoms with E-state index in [1.54, 1.807) is 12.1 Å². The Morgan fingerprint density at radius 1 is 1.17 bits per heavy atom. The fraction of sp³-hybridized carbons (Fsp3) is 0.278. The van der Waals surface area contributed by atoms with E-state index in [1.807, 2.05) is 24.3 Å². The minimum atomic E-state index is -0.431. The SMILES string of the molecule is O=C(NCc1ccc(Oc2ccc(F)cc2)cc1)C1CNCCO1. The molecule has 0 aliphatic carbocycles. The van der Waals surface area contributed by atoms with Gasteiger partial charge in [-0.25, -0.2) is 4.39 Å². The van der Waals surface area contributed by atoms with Crippen molar-refractivity contribution in [1.29, 1.82) is 0 Å². The lowest BCUT2D eigenvalue weighted by atomic mass is 10.2. The monoisotopic (exact) mass is 330 g/mol. The van der Waals surface area contributed by atoms with Gasteiger partial charge in [0.1, 0.15) is 23.4 Å². The molecule has 3 rings (SSSR count). The summed E-state index contributed by atoms with van der Waals surface area (Å²) in [5.41, 5.74) is 0.957. The summed E-state index contributed by atoms with van der Waals surface area (Å²) in [7, 11) is 0. The van der Waals surface area contributed by atoms with Crippen molar-refractivity contribution in [3.05, 3.63) is 59.9 Å². The number of hydrogen-bond donors (Lipinski definition) is 2. The van der Waals surface area contributed by atoms with Crippen LogP contribution in [0.2, 0.25) is 0 Å². The number of nitrogens with one attached hydrogen (secondary N) is 2. The Morgan fingerprint density at radius 2 is 1.83 bits per heavy atom. The fourth-order valence-electron chi connectivity index (χ4n) is 2.35. The molecule has 0 spiro atoms. The van der Waals surface area contributed by atoms with Gasteiger partial charge in [-0.2, -0.15) is 0 Å². The Bertz CT molecular complexity index is 668. The van der Waals surface area contributed by atoms with Gasteiger partial charge in [-0.15, -0.1) is 0 Å². The lowest BCUT2D eigenvalue weighted by Gasteiger charge is -2.22. The minimum Gasteiger partial charge on any atom is -0.457 e. The van der Waals surface area contributed by atoms with Crippen LogP contribution in [0.15, 0.2) is 48.5 Å². The Kier molecular flexibility index (Phi) is 5.40. The van der Waals surface area contributed by atoms with Crippen LogP contribution in [0, 0.1) is 5.82 Å². The standard InChI is InChI=1S/C18H19FN2O3/c19-14-3-7-16(8-4-14)24-15-5-1-13(2-6-15)11-21-18(22)17-12-20-9-10-23-17/h1-8,17,20H,9-12H2,(H,21,22). The number of carbonyl (C=O) groups is 1. The first-order valence-electron chi connectivity index (χ1n) is 7.83. The van der Waals surface area contributed by atoms with Gasteiger partial charge in [0, 0.05) is 19.6 Å². The van der Waals surface area contributed by atoms with E-state index in [2.05, 4.69) is 10.6 Å². The smallest absolute Gasteiger partial charge is 0.250 e. The van der Waals surface area contributed by atoms with Gasteiger partial charge in [-0.05, 0) is 42.0 Å². The van der Waals surface area contributed by atoms with Crippen LogP contribution < -0.4 is 15.4 Å². The molecule has 24 heavy (non-hydrogen) atoms. The van der Waals surface area contributed by atoms with Crippen molar-refractivity contribution in [2.75, 3.05) is 19.7 Å². The van der Waals surface area contributed by atoms with Crippen molar-refractivity contribution >= 4 is 5.91 Å². The summed E-state index contributed by atoms with van der Waals surface area (Å²) in [5, 5.41) is 5.98. The first-order valence-corrected chi connectivity index (χ1v) is 7.83. The minimum absolute atomic E-state index is 0.117. The van der Waals surface area contributed by atoms with Crippen LogP contribution in [-0.4, -0.2) is 31.7 Å². The van der Waals surface area contributed by atoms with Crippen LogP contribution >= 0.6 is 0 Å². The second-order valence-electron chi connectivity index (χ2n) is 5.48. The summed E-state index contributed by atoms with van der Waals surface area (Å²) in [6.45, 7) is 2.29. The van der Waals surface area contributed by atoms with Crippen molar-refractivity contribution in [3.8, 4) is 11.5 Å². The highest BCUT2D eigenvalue weighted by atomic mass is 19.1. The molecule has 126 valence electrons. The highest BCUT2D eigenvalue weighted by Gasteiger charge is 2.21. The number of hydrogen-bond acceptors (Lipinski definition) is 4. The van der Waals surface area contributed by atoms with Crippen LogP contribution in [0.1, 0.15) is 5.56 Å². The Balaban J connectivity index is 1.50. The van der Waals surface area contributed by atoms with E-state index in [-0.39, 0.29) is 11.7 Å². The predicted molar refractivity (Wildman–Crippen MR) is 87.4 cm³/mol. The van der Waals surface area contributed by atoms with Gasteiger partial charge in [0.05, 0.1) is 6.61 Å². The van der Waals surface area contributed by atoms with Gasteiger partial charge in [0.2, 0.25) is 0 Å². The maximum atomic E-state index is 12.9. The maximum Gasteiger partial charge on any atom is 0.250 e. The van der Waals surface area contributed by atoms with Gasteiger partial charge in [0.25, 0.3) is 5.91 Å². The molecule has 1 saturated heterocycles. The molecule has 0 saturated carbocycles. The third kappa shape index (κ3) is 4.53. The molecule has 1 atom stereocenters. The normalized spacial score (nSPS) is 17.3. The molecule has 2 N–H and O–H groups in total. The Hall–Kier alpha value is -2.44. The molecule has 0 bridgehead atoms. The van der Waals surface area contributed by atoms with E-state index in [0.29, 0.717) is 31.2 Å². The van der Waals surface area contributed by atoms with E-state index < -0.39 is 6.10 Å². The van der Waals surface area contributed by atoms with Gasteiger partial charge in [-0.3, -0.25) is 4.79 Å². The summed E-state index contributed by atoms with van der Waals surface area (Å²) in [5.74, 6) is 0.801. The zero-order valence-electron chi connectivity index (χ0n) is 13.1. The third-order valence-electron chi connectivity index (χ3n) is 3.66. The molecule has 5 nitrogen and oxygen atoms in total. The van der Waals surface area contributed by atoms with Gasteiger partial charge in [0.15, 0.2) is 0 Å². The molecular weight excluding hydrogens is 311 g/mol. The lowest BCUT2D eigenvalue weighted by Crippen LogP contribution is -2.47. The van der Waals surface area contributed by atoms with Crippen LogP contribution in [0.25, 0.3) is 0 Å². The number of morpholine rings is 1. The number of rotatable bonds is 5. The van der Waals surface area contributed by atoms with Crippen molar-refractivity contribution < 1.29 is 18.7 Å². The summed E-state index contributed by atoms with van der Waals surface area (Å²) < 4.78 is 23.9. The van der Waals surface area contributed by atoms with Crippen LogP contribution in [0.5, 0.6) is 11.5 Å². The fourth-order valence-corrected chi connectivity index (χ4v) is 2.35. The molecule has 6 heteroatoms. The molecule has 1 unspecified atom stereocenters. The van der Waals surface area contributed by atoms with Crippen molar-refractivity contribution in [2.24, 2.45) is 0 Å². The second kappa shape index (κ2) is 7.90. The third-order valence-corrected chi connectivity index (χ3v) is 3.66. The van der Waals surface area contributed by atoms with Crippen molar-refractivity contribution in [3.63, 3.8) is 0 Å². The largest absolute Gasteiger partial charge is 0.457 e. The molecule has 1 aliphatic rings. The Morgan fingerprint density at radius 3 is 2.46 bits per heavy atom. The summed E-state index contributed by atoms with van der Waals surface area (Å²) >= 11 is 0. The van der Waals surface area contributed by atoms with Gasteiger partial charge < -0.3 is 20.1 Å². The summed E-state index contributed by atoms with van der Waals surface area (Å²) in [6, 6.07) is 13.2. The van der Waals surface area contributed by atoms with E-state index in [1.165, 1.54) is 12.1 Å². The molecule has 1 fully saturated rings. The molecular formula is C18H19FN2O3. The molecule has 1 amide bonds. The maximum absolute atomic E-state index is 12.9. The van der Waals surface area contributed by atoms with E-state index in [0.717, 1.165) is 12.1 Å². The van der Waals surface area contributed by atoms with Crippen molar-refractivity contribution in [2.45, 2.75) is 12.6 Å². The number of halogens is 1. The second-order valence-corrected chi connectivity index (χ2v) is 5.48. The van der Waals surface area contributed by atoms with E-state index in [9.17, 15) is 9.18 Å². The summed E-state index contributed by atoms with van der Waals surface area (Å²) in [6.07, 6.45) is -0.431. The highest BCUT2D eigenvalue weighted by molar-refractivity contribution is 5.81. The number of ether oxygens (including phenoxy) is 2. The molecule has 2 aromatic carbocycles. The summed E-state index contributed by atoms with van der Waals surface area (Å²) in [4.78, 5) is 12.0. The zero-order valence-corrected chi connectivity index (χ0v) is 13.1. The number of amides is 1. The highest BCUT2D eigenvalue weighted by Crippen LogP contribution is 2.21. The predicted octanol–water partition coefficient (Wildman–Crippen LogP) is 2.22. The Labute approximate surface area is 139 Å². The average Bonchev–Trinajstić information content (AvgIpc) is 2.63. The topological polar surface area (TPSA) is 59.6 Å². The number of carbonyl (C=O) groups excluding carboxylic acids is 1. The van der Waals surface area contributed by atoms with Crippen LogP contribution in [0.4, 0.5) is 4.39 Å². The van der Waals surface area contributed by atoms with E-state index >= 15 is 0 Å². The van der Waals surface area contributed by atoms with Gasteiger partial charge in [-0.1, -0.05) is 12.1 Å². The first kappa shape index (κ1) is 16.4. The molecule has 2 aromatic rings. The van der Waals surface area contributed by atoms with Crippen LogP contribution in [-0.2, 0) is 16.1 Å². The molecule has 0 aromatic heterocycles. The average molecular weight is 330 g/mol. The van der Waals surface area contributed by atoms with E-state index in [4.69, 9.17) is 9.47 Å². The van der Waals surface area contributed by atoms with Crippen molar-refractivity contribution in [1.82, 2.24) is 10.6 Å². The molecule has 1 aliphatic heterocycles. The molecule has 1 heterocycles. The quantitative estimate of drug-likeness (QED) is 0.883. The van der Waals surface area contributed by atoms with Gasteiger partial charge >= 0.3 is 0 Å². The zero-order chi connectivity index (χ0) is 16.8. The first-order chi connectivity index (χ1) is 11.7. The molecule has 0 radical (unpaired) electrons. The lowest BCUT2D eigenvalue weighted by molar-refractivity contribution is -0.134.